The van der Waals surface area contributed by atoms with E-state index < -0.39 is 0 Å². The number of aryl methyl sites for hydroxylation is 1. The van der Waals surface area contributed by atoms with Gasteiger partial charge in [-0.3, -0.25) is 9.69 Å². The van der Waals surface area contributed by atoms with Crippen LogP contribution >= 0.6 is 0 Å². The molecule has 1 aliphatic rings. The van der Waals surface area contributed by atoms with E-state index in [1.807, 2.05) is 54.5 Å². The summed E-state index contributed by atoms with van der Waals surface area (Å²) in [7, 11) is 3.93. The van der Waals surface area contributed by atoms with Crippen molar-refractivity contribution in [2.45, 2.75) is 31.8 Å². The molecule has 0 fully saturated rings. The monoisotopic (exact) mass is 388 g/mol. The normalized spacial score (nSPS) is 15.9. The summed E-state index contributed by atoms with van der Waals surface area (Å²) in [6, 6.07) is 19.0. The van der Waals surface area contributed by atoms with Crippen LogP contribution in [-0.4, -0.2) is 46.1 Å². The number of hydrogen-bond donors (Lipinski definition) is 0. The van der Waals surface area contributed by atoms with Gasteiger partial charge in [0, 0.05) is 31.4 Å². The highest BCUT2D eigenvalue weighted by Gasteiger charge is 2.25. The van der Waals surface area contributed by atoms with Gasteiger partial charge in [-0.15, -0.1) is 0 Å². The van der Waals surface area contributed by atoms with Gasteiger partial charge in [0.1, 0.15) is 0 Å². The molecule has 4 rings (SSSR count). The molecule has 1 heterocycles. The number of carbonyl (C=O) groups is 1. The molecule has 0 N–H and O–H groups in total. The van der Waals surface area contributed by atoms with Gasteiger partial charge in [-0.25, -0.2) is 4.68 Å². The maximum atomic E-state index is 12.8. The summed E-state index contributed by atoms with van der Waals surface area (Å²) in [5.41, 5.74) is 4.84. The molecule has 2 aromatic carbocycles. The van der Waals surface area contributed by atoms with Crippen LogP contribution in [0.15, 0.2) is 67.0 Å². The van der Waals surface area contributed by atoms with Crippen molar-refractivity contribution in [3.05, 3.63) is 83.7 Å². The van der Waals surface area contributed by atoms with Crippen LogP contribution in [0.25, 0.3) is 5.69 Å². The van der Waals surface area contributed by atoms with Crippen molar-refractivity contribution in [1.82, 2.24) is 19.6 Å². The second kappa shape index (κ2) is 8.62. The van der Waals surface area contributed by atoms with Gasteiger partial charge in [0.2, 0.25) is 5.91 Å². The SMILES string of the molecule is CN(Cc1cnn(-c2ccccc2)c1)C(=O)CN(C)C1CCCc2ccccc21. The average molecular weight is 389 g/mol. The smallest absolute Gasteiger partial charge is 0.236 e. The van der Waals surface area contributed by atoms with Crippen LogP contribution < -0.4 is 0 Å². The standard InChI is InChI=1S/C24H28N4O/c1-26(23-14-8-10-20-9-6-7-13-22(20)23)18-24(29)27(2)16-19-15-25-28(17-19)21-11-4-3-5-12-21/h3-7,9,11-13,15,17,23H,8,10,14,16,18H2,1-2H3. The summed E-state index contributed by atoms with van der Waals surface area (Å²) in [5, 5.41) is 4.43. The quantitative estimate of drug-likeness (QED) is 0.644. The molecule has 1 aromatic heterocycles. The predicted octanol–water partition coefficient (Wildman–Crippen LogP) is 3.84. The molecule has 29 heavy (non-hydrogen) atoms. The highest BCUT2D eigenvalue weighted by molar-refractivity contribution is 5.78. The Kier molecular flexibility index (Phi) is 5.76. The summed E-state index contributed by atoms with van der Waals surface area (Å²) >= 11 is 0. The Labute approximate surface area is 172 Å². The van der Waals surface area contributed by atoms with Gasteiger partial charge >= 0.3 is 0 Å². The molecule has 150 valence electrons. The highest BCUT2D eigenvalue weighted by Crippen LogP contribution is 2.33. The maximum Gasteiger partial charge on any atom is 0.236 e. The maximum absolute atomic E-state index is 12.8. The van der Waals surface area contributed by atoms with E-state index in [1.54, 1.807) is 4.90 Å². The van der Waals surface area contributed by atoms with Crippen molar-refractivity contribution in [3.63, 3.8) is 0 Å². The molecule has 1 amide bonds. The predicted molar refractivity (Wildman–Crippen MR) is 115 cm³/mol. The van der Waals surface area contributed by atoms with Gasteiger partial charge in [-0.1, -0.05) is 42.5 Å². The third-order valence-electron chi connectivity index (χ3n) is 5.76. The van der Waals surface area contributed by atoms with E-state index in [0.29, 0.717) is 19.1 Å². The van der Waals surface area contributed by atoms with Crippen molar-refractivity contribution in [2.75, 3.05) is 20.6 Å². The van der Waals surface area contributed by atoms with E-state index in [4.69, 9.17) is 0 Å². The highest BCUT2D eigenvalue weighted by atomic mass is 16.2. The number of nitrogens with zero attached hydrogens (tertiary/aromatic N) is 4. The summed E-state index contributed by atoms with van der Waals surface area (Å²) in [5.74, 6) is 0.128. The molecule has 0 radical (unpaired) electrons. The van der Waals surface area contributed by atoms with E-state index in [0.717, 1.165) is 24.1 Å². The summed E-state index contributed by atoms with van der Waals surface area (Å²) < 4.78 is 1.85. The first-order valence-electron chi connectivity index (χ1n) is 10.2. The molecule has 3 aromatic rings. The Hall–Kier alpha value is -2.92. The summed E-state index contributed by atoms with van der Waals surface area (Å²) in [6.45, 7) is 0.975. The van der Waals surface area contributed by atoms with Crippen LogP contribution in [0.5, 0.6) is 0 Å². The number of likely N-dealkylation sites (N-methyl/N-ethyl adjacent to an activating group) is 2. The molecule has 0 aliphatic heterocycles. The molecular weight excluding hydrogens is 360 g/mol. The van der Waals surface area contributed by atoms with Crippen LogP contribution in [-0.2, 0) is 17.8 Å². The molecule has 1 aliphatic carbocycles. The van der Waals surface area contributed by atoms with Crippen LogP contribution in [0.3, 0.4) is 0 Å². The minimum absolute atomic E-state index is 0.128. The number of hydrogen-bond acceptors (Lipinski definition) is 3. The first-order valence-corrected chi connectivity index (χ1v) is 10.2. The fourth-order valence-corrected chi connectivity index (χ4v) is 4.16. The number of aromatic nitrogens is 2. The number of rotatable bonds is 6. The number of para-hydroxylation sites is 1. The lowest BCUT2D eigenvalue weighted by molar-refractivity contribution is -0.131. The Balaban J connectivity index is 1.37. The Morgan fingerprint density at radius 1 is 1.10 bits per heavy atom. The van der Waals surface area contributed by atoms with E-state index in [9.17, 15) is 4.79 Å². The Morgan fingerprint density at radius 2 is 1.86 bits per heavy atom. The lowest BCUT2D eigenvalue weighted by atomic mass is 9.87. The molecule has 0 spiro atoms. The lowest BCUT2D eigenvalue weighted by Crippen LogP contribution is -2.38. The molecule has 0 saturated carbocycles. The van der Waals surface area contributed by atoms with Gasteiger partial charge < -0.3 is 4.90 Å². The van der Waals surface area contributed by atoms with Gasteiger partial charge in [-0.05, 0) is 49.6 Å². The van der Waals surface area contributed by atoms with Crippen LogP contribution in [0.4, 0.5) is 0 Å². The third-order valence-corrected chi connectivity index (χ3v) is 5.76. The van der Waals surface area contributed by atoms with Gasteiger partial charge in [-0.2, -0.15) is 5.10 Å². The first kappa shape index (κ1) is 19.4. The zero-order valence-electron chi connectivity index (χ0n) is 17.2. The minimum atomic E-state index is 0.128. The third kappa shape index (κ3) is 4.40. The van der Waals surface area contributed by atoms with Crippen molar-refractivity contribution in [1.29, 1.82) is 0 Å². The Bertz CT molecular complexity index is 966. The van der Waals surface area contributed by atoms with Gasteiger partial charge in [0.15, 0.2) is 0 Å². The van der Waals surface area contributed by atoms with E-state index in [2.05, 4.69) is 41.3 Å². The largest absolute Gasteiger partial charge is 0.340 e. The van der Waals surface area contributed by atoms with E-state index in [-0.39, 0.29) is 5.91 Å². The minimum Gasteiger partial charge on any atom is -0.340 e. The van der Waals surface area contributed by atoms with Crippen molar-refractivity contribution >= 4 is 5.91 Å². The van der Waals surface area contributed by atoms with Crippen LogP contribution in [0.1, 0.15) is 35.6 Å². The topological polar surface area (TPSA) is 41.4 Å². The zero-order valence-corrected chi connectivity index (χ0v) is 17.2. The molecule has 5 heteroatoms. The van der Waals surface area contributed by atoms with Crippen LogP contribution in [0, 0.1) is 0 Å². The molecule has 0 saturated heterocycles. The second-order valence-electron chi connectivity index (χ2n) is 7.90. The fourth-order valence-electron chi connectivity index (χ4n) is 4.16. The van der Waals surface area contributed by atoms with Gasteiger partial charge in [0.05, 0.1) is 18.4 Å². The fraction of sp³-hybridized carbons (Fsp3) is 0.333. The number of fused-ring (bicyclic) bond motifs is 1. The van der Waals surface area contributed by atoms with E-state index >= 15 is 0 Å². The zero-order chi connectivity index (χ0) is 20.2. The Morgan fingerprint density at radius 3 is 2.69 bits per heavy atom. The molecule has 5 nitrogen and oxygen atoms in total. The van der Waals surface area contributed by atoms with Crippen molar-refractivity contribution < 1.29 is 4.79 Å². The lowest BCUT2D eigenvalue weighted by Gasteiger charge is -2.33. The number of carbonyl (C=O) groups excluding carboxylic acids is 1. The molecule has 1 atom stereocenters. The summed E-state index contributed by atoms with van der Waals surface area (Å²) in [4.78, 5) is 16.8. The molecule has 1 unspecified atom stereocenters. The van der Waals surface area contributed by atoms with E-state index in [1.165, 1.54) is 17.5 Å². The van der Waals surface area contributed by atoms with Crippen molar-refractivity contribution in [3.8, 4) is 5.69 Å². The van der Waals surface area contributed by atoms with Gasteiger partial charge in [0.25, 0.3) is 0 Å². The molecular formula is C24H28N4O. The second-order valence-corrected chi connectivity index (χ2v) is 7.90. The van der Waals surface area contributed by atoms with Crippen LogP contribution in [0.2, 0.25) is 0 Å². The number of benzene rings is 2. The first-order chi connectivity index (χ1) is 14.1. The number of amides is 1. The summed E-state index contributed by atoms with van der Waals surface area (Å²) in [6.07, 6.45) is 7.24. The molecule has 0 bridgehead atoms. The van der Waals surface area contributed by atoms with Crippen molar-refractivity contribution in [2.24, 2.45) is 0 Å². The average Bonchev–Trinajstić information content (AvgIpc) is 3.22.